The SMILES string of the molecule is CCCCCCCCCCCCCC/C=C/CC/C=C/C(O)C(COP(=O)(O)OCCN)NC(=O)CC(O)CCCCCCCCCCCCCCCCC. The van der Waals surface area contributed by atoms with Gasteiger partial charge in [-0.25, -0.2) is 4.57 Å². The second-order valence-corrected chi connectivity index (χ2v) is 17.3. The molecule has 6 N–H and O–H groups in total. The molecule has 55 heavy (non-hydrogen) atoms. The third-order valence-corrected chi connectivity index (χ3v) is 11.3. The summed E-state index contributed by atoms with van der Waals surface area (Å²) in [5, 5.41) is 24.1. The molecule has 0 bridgehead atoms. The fraction of sp³-hybridized carbons (Fsp3) is 0.889. The molecule has 1 amide bonds. The molecule has 0 aliphatic rings. The van der Waals surface area contributed by atoms with Crippen LogP contribution in [0, 0.1) is 0 Å². The zero-order valence-corrected chi connectivity index (χ0v) is 36.7. The van der Waals surface area contributed by atoms with Gasteiger partial charge in [0.1, 0.15) is 0 Å². The highest BCUT2D eigenvalue weighted by Crippen LogP contribution is 2.43. The first-order valence-corrected chi connectivity index (χ1v) is 24.5. The minimum Gasteiger partial charge on any atom is -0.393 e. The topological polar surface area (TPSA) is 151 Å². The molecule has 0 rings (SSSR count). The number of phosphoric acid groups is 1. The Morgan fingerprint density at radius 1 is 0.618 bits per heavy atom. The number of nitrogens with one attached hydrogen (secondary N) is 1. The van der Waals surface area contributed by atoms with E-state index in [0.717, 1.165) is 32.1 Å². The first-order chi connectivity index (χ1) is 26.8. The molecule has 0 radical (unpaired) electrons. The maximum atomic E-state index is 12.8. The van der Waals surface area contributed by atoms with Crippen LogP contribution < -0.4 is 11.1 Å². The van der Waals surface area contributed by atoms with Crippen molar-refractivity contribution >= 4 is 13.7 Å². The van der Waals surface area contributed by atoms with Crippen molar-refractivity contribution in [1.29, 1.82) is 0 Å². The Balaban J connectivity index is 4.32. The van der Waals surface area contributed by atoms with E-state index in [-0.39, 0.29) is 19.6 Å². The van der Waals surface area contributed by atoms with E-state index < -0.39 is 38.6 Å². The Labute approximate surface area is 339 Å². The van der Waals surface area contributed by atoms with Crippen LogP contribution in [0.4, 0.5) is 0 Å². The molecule has 0 aromatic heterocycles. The number of nitrogens with two attached hydrogens (primary N) is 1. The molecular weight excluding hydrogens is 711 g/mol. The lowest BCUT2D eigenvalue weighted by Crippen LogP contribution is -2.46. The van der Waals surface area contributed by atoms with Crippen LogP contribution in [-0.2, 0) is 18.4 Å². The van der Waals surface area contributed by atoms with Gasteiger partial charge in [0.05, 0.1) is 37.9 Å². The summed E-state index contributed by atoms with van der Waals surface area (Å²) in [4.78, 5) is 22.8. The predicted octanol–water partition coefficient (Wildman–Crippen LogP) is 11.9. The summed E-state index contributed by atoms with van der Waals surface area (Å²) < 4.78 is 22.1. The summed E-state index contributed by atoms with van der Waals surface area (Å²) in [5.74, 6) is -0.453. The average molecular weight is 801 g/mol. The third-order valence-electron chi connectivity index (χ3n) is 10.3. The molecule has 10 heteroatoms. The minimum absolute atomic E-state index is 0.0461. The lowest BCUT2D eigenvalue weighted by atomic mass is 10.0. The molecule has 0 aliphatic carbocycles. The van der Waals surface area contributed by atoms with Gasteiger partial charge in [0.2, 0.25) is 5.91 Å². The van der Waals surface area contributed by atoms with Crippen LogP contribution in [0.3, 0.4) is 0 Å². The van der Waals surface area contributed by atoms with Gasteiger partial charge in [-0.05, 0) is 32.1 Å². The highest BCUT2D eigenvalue weighted by molar-refractivity contribution is 7.47. The molecule has 4 unspecified atom stereocenters. The number of hydrogen-bond acceptors (Lipinski definition) is 7. The van der Waals surface area contributed by atoms with E-state index in [2.05, 4.69) is 31.3 Å². The van der Waals surface area contributed by atoms with Crippen LogP contribution in [-0.4, -0.2) is 59.0 Å². The molecule has 0 saturated heterocycles. The molecule has 0 saturated carbocycles. The molecule has 4 atom stereocenters. The molecule has 0 spiro atoms. The number of carbonyl (C=O) groups is 1. The van der Waals surface area contributed by atoms with Crippen LogP contribution in [0.2, 0.25) is 0 Å². The van der Waals surface area contributed by atoms with Crippen LogP contribution in [0.1, 0.15) is 219 Å². The fourth-order valence-electron chi connectivity index (χ4n) is 6.84. The van der Waals surface area contributed by atoms with Gasteiger partial charge in [-0.1, -0.05) is 205 Å². The standard InChI is InChI=1S/C45H89N2O7P/c1-3-5-7-9-11-13-15-17-19-20-21-23-25-27-29-31-33-35-37-44(49)43(41-54-55(51,52)53-39-38-46)47-45(50)40-42(48)36-34-32-30-28-26-24-22-18-16-14-12-10-8-6-4-2/h27,29,35,37,42-44,48-49H,3-26,28,30-34,36,38-41,46H2,1-2H3,(H,47,50)(H,51,52)/b29-27+,37-35+. The van der Waals surface area contributed by atoms with Gasteiger partial charge in [-0.3, -0.25) is 13.8 Å². The number of rotatable bonds is 43. The van der Waals surface area contributed by atoms with Crippen molar-refractivity contribution in [2.45, 2.75) is 238 Å². The zero-order chi connectivity index (χ0) is 40.5. The molecular formula is C45H89N2O7P. The first kappa shape index (κ1) is 53.9. The monoisotopic (exact) mass is 801 g/mol. The van der Waals surface area contributed by atoms with Gasteiger partial charge in [-0.15, -0.1) is 0 Å². The molecule has 0 aliphatic heterocycles. The second-order valence-electron chi connectivity index (χ2n) is 15.8. The van der Waals surface area contributed by atoms with Crippen molar-refractivity contribution in [3.63, 3.8) is 0 Å². The molecule has 326 valence electrons. The molecule has 0 fully saturated rings. The van der Waals surface area contributed by atoms with Gasteiger partial charge >= 0.3 is 7.82 Å². The Hall–Kier alpha value is -1.06. The number of carbonyl (C=O) groups excluding carboxylic acids is 1. The smallest absolute Gasteiger partial charge is 0.393 e. The molecule has 9 nitrogen and oxygen atoms in total. The van der Waals surface area contributed by atoms with Crippen LogP contribution in [0.5, 0.6) is 0 Å². The van der Waals surface area contributed by atoms with E-state index in [9.17, 15) is 24.5 Å². The third kappa shape index (κ3) is 39.5. The number of aliphatic hydroxyl groups excluding tert-OH is 2. The molecule has 0 aromatic rings. The highest BCUT2D eigenvalue weighted by atomic mass is 31.2. The summed E-state index contributed by atoms with van der Waals surface area (Å²) in [6.07, 6.45) is 44.1. The number of hydrogen-bond donors (Lipinski definition) is 5. The largest absolute Gasteiger partial charge is 0.472 e. The number of unbranched alkanes of at least 4 members (excludes halogenated alkanes) is 27. The lowest BCUT2D eigenvalue weighted by Gasteiger charge is -2.24. The van der Waals surface area contributed by atoms with Crippen LogP contribution >= 0.6 is 7.82 Å². The predicted molar refractivity (Wildman–Crippen MR) is 232 cm³/mol. The van der Waals surface area contributed by atoms with E-state index in [1.807, 2.05) is 6.08 Å². The van der Waals surface area contributed by atoms with Crippen molar-refractivity contribution in [1.82, 2.24) is 5.32 Å². The summed E-state index contributed by atoms with van der Waals surface area (Å²) >= 11 is 0. The summed E-state index contributed by atoms with van der Waals surface area (Å²) in [5.41, 5.74) is 5.37. The van der Waals surface area contributed by atoms with Gasteiger partial charge in [0, 0.05) is 6.54 Å². The van der Waals surface area contributed by atoms with Gasteiger partial charge in [0.15, 0.2) is 0 Å². The summed E-state index contributed by atoms with van der Waals surface area (Å²) in [6, 6.07) is -0.995. The first-order valence-electron chi connectivity index (χ1n) is 23.0. The number of allylic oxidation sites excluding steroid dienone is 3. The molecule has 0 heterocycles. The van der Waals surface area contributed by atoms with Crippen LogP contribution in [0.25, 0.3) is 0 Å². The van der Waals surface area contributed by atoms with E-state index >= 15 is 0 Å². The number of phosphoric ester groups is 1. The van der Waals surface area contributed by atoms with Crippen molar-refractivity contribution in [3.05, 3.63) is 24.3 Å². The van der Waals surface area contributed by atoms with E-state index in [1.54, 1.807) is 6.08 Å². The highest BCUT2D eigenvalue weighted by Gasteiger charge is 2.27. The fourth-order valence-corrected chi connectivity index (χ4v) is 7.60. The molecule has 0 aromatic carbocycles. The maximum absolute atomic E-state index is 12.8. The summed E-state index contributed by atoms with van der Waals surface area (Å²) in [7, 11) is -4.41. The Morgan fingerprint density at radius 2 is 1.04 bits per heavy atom. The van der Waals surface area contributed by atoms with Gasteiger partial charge in [-0.2, -0.15) is 0 Å². The van der Waals surface area contributed by atoms with E-state index in [0.29, 0.717) is 12.8 Å². The quantitative estimate of drug-likeness (QED) is 0.0232. The summed E-state index contributed by atoms with van der Waals surface area (Å²) in [6.45, 7) is 3.97. The van der Waals surface area contributed by atoms with E-state index in [4.69, 9.17) is 14.8 Å². The van der Waals surface area contributed by atoms with Crippen molar-refractivity contribution < 1.29 is 33.5 Å². The average Bonchev–Trinajstić information content (AvgIpc) is 3.16. The van der Waals surface area contributed by atoms with E-state index in [1.165, 1.54) is 154 Å². The maximum Gasteiger partial charge on any atom is 0.472 e. The van der Waals surface area contributed by atoms with Gasteiger partial charge in [0.25, 0.3) is 0 Å². The van der Waals surface area contributed by atoms with Gasteiger partial charge < -0.3 is 26.2 Å². The van der Waals surface area contributed by atoms with Crippen molar-refractivity contribution in [3.8, 4) is 0 Å². The van der Waals surface area contributed by atoms with Crippen molar-refractivity contribution in [2.75, 3.05) is 19.8 Å². The Morgan fingerprint density at radius 3 is 1.51 bits per heavy atom. The van der Waals surface area contributed by atoms with Crippen molar-refractivity contribution in [2.24, 2.45) is 5.73 Å². The second kappa shape index (κ2) is 41.1. The minimum atomic E-state index is -4.41. The lowest BCUT2D eigenvalue weighted by molar-refractivity contribution is -0.124. The Kier molecular flexibility index (Phi) is 40.3. The number of aliphatic hydroxyl groups is 2. The zero-order valence-electron chi connectivity index (χ0n) is 35.8. The number of amides is 1. The van der Waals surface area contributed by atoms with Crippen LogP contribution in [0.15, 0.2) is 24.3 Å². The Bertz CT molecular complexity index is 935. The normalized spacial score (nSPS) is 14.8.